The molecule has 3 heterocycles. The Kier molecular flexibility index (Phi) is 4.13. The predicted octanol–water partition coefficient (Wildman–Crippen LogP) is 1.09. The molecule has 1 aliphatic rings. The molecule has 0 unspecified atom stereocenters. The van der Waals surface area contributed by atoms with Gasteiger partial charge in [-0.05, 0) is 12.1 Å². The third-order valence-electron chi connectivity index (χ3n) is 4.34. The minimum absolute atomic E-state index is 0.172. The third kappa shape index (κ3) is 2.82. The molecule has 1 aliphatic heterocycles. The van der Waals surface area contributed by atoms with Crippen LogP contribution in [0.4, 0.5) is 0 Å². The Morgan fingerprint density at radius 1 is 1.31 bits per heavy atom. The van der Waals surface area contributed by atoms with Gasteiger partial charge in [0.25, 0.3) is 5.91 Å². The van der Waals surface area contributed by atoms with Crippen LogP contribution in [-0.2, 0) is 19.7 Å². The Balaban J connectivity index is 1.53. The van der Waals surface area contributed by atoms with Gasteiger partial charge < -0.3 is 23.8 Å². The van der Waals surface area contributed by atoms with Crippen LogP contribution in [-0.4, -0.2) is 49.5 Å². The molecule has 134 valence electrons. The molecular weight excluding hydrogens is 338 g/mol. The summed E-state index contributed by atoms with van der Waals surface area (Å²) < 4.78 is 12.4. The number of carbonyl (C=O) groups is 1. The normalized spacial score (nSPS) is 13.5. The van der Waals surface area contributed by atoms with Gasteiger partial charge in [0.05, 0.1) is 13.7 Å². The van der Waals surface area contributed by atoms with E-state index in [4.69, 9.17) is 9.26 Å². The summed E-state index contributed by atoms with van der Waals surface area (Å²) in [6.07, 6.45) is 0. The van der Waals surface area contributed by atoms with Crippen molar-refractivity contribution in [3.05, 3.63) is 47.7 Å². The van der Waals surface area contributed by atoms with E-state index in [9.17, 15) is 9.90 Å². The van der Waals surface area contributed by atoms with Gasteiger partial charge in [-0.15, -0.1) is 10.2 Å². The molecular formula is C17H17N5O4. The highest BCUT2D eigenvalue weighted by molar-refractivity contribution is 5.93. The van der Waals surface area contributed by atoms with Gasteiger partial charge in [0.1, 0.15) is 12.4 Å². The number of benzene rings is 1. The Labute approximate surface area is 148 Å². The van der Waals surface area contributed by atoms with Gasteiger partial charge >= 0.3 is 0 Å². The fraction of sp³-hybridized carbons (Fsp3) is 0.294. The Morgan fingerprint density at radius 3 is 3.00 bits per heavy atom. The van der Waals surface area contributed by atoms with E-state index >= 15 is 0 Å². The fourth-order valence-electron chi connectivity index (χ4n) is 2.96. The summed E-state index contributed by atoms with van der Waals surface area (Å²) >= 11 is 0. The van der Waals surface area contributed by atoms with E-state index in [1.165, 1.54) is 0 Å². The summed E-state index contributed by atoms with van der Waals surface area (Å²) in [5, 5.41) is 21.1. The lowest BCUT2D eigenvalue weighted by Gasteiger charge is -2.26. The van der Waals surface area contributed by atoms with Crippen molar-refractivity contribution in [3.8, 4) is 17.1 Å². The van der Waals surface area contributed by atoms with Gasteiger partial charge in [-0.1, -0.05) is 17.3 Å². The lowest BCUT2D eigenvalue weighted by atomic mass is 10.1. The zero-order chi connectivity index (χ0) is 18.1. The van der Waals surface area contributed by atoms with Crippen molar-refractivity contribution >= 4 is 5.91 Å². The summed E-state index contributed by atoms with van der Waals surface area (Å²) in [5.74, 6) is 2.11. The second kappa shape index (κ2) is 6.60. The molecule has 4 rings (SSSR count). The van der Waals surface area contributed by atoms with Crippen molar-refractivity contribution in [1.29, 1.82) is 0 Å². The van der Waals surface area contributed by atoms with Crippen LogP contribution >= 0.6 is 0 Å². The molecule has 1 N–H and O–H groups in total. The number of rotatable bonds is 4. The molecule has 2 aromatic heterocycles. The van der Waals surface area contributed by atoms with Gasteiger partial charge in [0, 0.05) is 24.7 Å². The predicted molar refractivity (Wildman–Crippen MR) is 89.2 cm³/mol. The van der Waals surface area contributed by atoms with Crippen LogP contribution in [0, 0.1) is 0 Å². The average molecular weight is 355 g/mol. The summed E-state index contributed by atoms with van der Waals surface area (Å²) in [6, 6.07) is 8.96. The number of hydrogen-bond acceptors (Lipinski definition) is 7. The van der Waals surface area contributed by atoms with E-state index in [0.717, 1.165) is 5.56 Å². The van der Waals surface area contributed by atoms with Crippen LogP contribution in [0.3, 0.4) is 0 Å². The minimum atomic E-state index is -0.234. The highest BCUT2D eigenvalue weighted by Gasteiger charge is 2.27. The molecule has 0 spiro atoms. The molecule has 0 bridgehead atoms. The number of aliphatic hydroxyl groups is 1. The number of hydrogen-bond donors (Lipinski definition) is 1. The molecule has 0 aliphatic carbocycles. The van der Waals surface area contributed by atoms with Gasteiger partial charge in [-0.2, -0.15) is 0 Å². The van der Waals surface area contributed by atoms with E-state index in [1.54, 1.807) is 18.1 Å². The largest absolute Gasteiger partial charge is 0.497 e. The van der Waals surface area contributed by atoms with Gasteiger partial charge in [0.15, 0.2) is 23.1 Å². The first-order chi connectivity index (χ1) is 12.7. The number of ether oxygens (including phenoxy) is 1. The highest BCUT2D eigenvalue weighted by atomic mass is 16.5. The van der Waals surface area contributed by atoms with Gasteiger partial charge in [-0.3, -0.25) is 4.79 Å². The van der Waals surface area contributed by atoms with Gasteiger partial charge in [-0.25, -0.2) is 0 Å². The zero-order valence-electron chi connectivity index (χ0n) is 14.1. The first-order valence-electron chi connectivity index (χ1n) is 8.12. The van der Waals surface area contributed by atoms with Crippen molar-refractivity contribution in [1.82, 2.24) is 24.8 Å². The summed E-state index contributed by atoms with van der Waals surface area (Å²) in [5.41, 5.74) is 1.01. The highest BCUT2D eigenvalue weighted by Crippen LogP contribution is 2.25. The zero-order valence-corrected chi connectivity index (χ0v) is 14.1. The van der Waals surface area contributed by atoms with Crippen LogP contribution < -0.4 is 4.74 Å². The van der Waals surface area contributed by atoms with E-state index < -0.39 is 0 Å². The molecule has 9 nitrogen and oxygen atoms in total. The molecule has 1 amide bonds. The van der Waals surface area contributed by atoms with Crippen LogP contribution in [0.5, 0.6) is 5.75 Å². The van der Waals surface area contributed by atoms with Crippen molar-refractivity contribution in [3.63, 3.8) is 0 Å². The SMILES string of the molecule is COc1cccc(-c2cc(C(=O)N3CCn4c(CO)nnc4C3)no2)c1. The molecule has 0 saturated heterocycles. The number of nitrogens with zero attached hydrogens (tertiary/aromatic N) is 5. The number of methoxy groups -OCH3 is 1. The first-order valence-corrected chi connectivity index (χ1v) is 8.12. The summed E-state index contributed by atoms with van der Waals surface area (Å²) in [6.45, 7) is 1.16. The smallest absolute Gasteiger partial charge is 0.276 e. The van der Waals surface area contributed by atoms with E-state index in [-0.39, 0.29) is 18.2 Å². The lowest BCUT2D eigenvalue weighted by molar-refractivity contribution is 0.0694. The molecule has 26 heavy (non-hydrogen) atoms. The first kappa shape index (κ1) is 16.3. The van der Waals surface area contributed by atoms with Gasteiger partial charge in [0.2, 0.25) is 0 Å². The van der Waals surface area contributed by atoms with Crippen molar-refractivity contribution in [2.75, 3.05) is 13.7 Å². The van der Waals surface area contributed by atoms with Crippen LogP contribution in [0.25, 0.3) is 11.3 Å². The minimum Gasteiger partial charge on any atom is -0.497 e. The molecule has 0 atom stereocenters. The van der Waals surface area contributed by atoms with Crippen molar-refractivity contribution in [2.45, 2.75) is 19.7 Å². The Hall–Kier alpha value is -3.20. The van der Waals surface area contributed by atoms with E-state index in [1.807, 2.05) is 28.8 Å². The third-order valence-corrected chi connectivity index (χ3v) is 4.34. The molecule has 1 aromatic carbocycles. The van der Waals surface area contributed by atoms with Crippen LogP contribution in [0.2, 0.25) is 0 Å². The maximum absolute atomic E-state index is 12.7. The lowest BCUT2D eigenvalue weighted by Crippen LogP contribution is -2.39. The maximum atomic E-state index is 12.7. The van der Waals surface area contributed by atoms with E-state index in [0.29, 0.717) is 42.8 Å². The summed E-state index contributed by atoms with van der Waals surface area (Å²) in [7, 11) is 1.59. The average Bonchev–Trinajstić information content (AvgIpc) is 3.34. The number of fused-ring (bicyclic) bond motifs is 1. The van der Waals surface area contributed by atoms with E-state index in [2.05, 4.69) is 15.4 Å². The summed E-state index contributed by atoms with van der Waals surface area (Å²) in [4.78, 5) is 14.4. The topological polar surface area (TPSA) is 107 Å². The maximum Gasteiger partial charge on any atom is 0.276 e. The fourth-order valence-corrected chi connectivity index (χ4v) is 2.96. The number of aliphatic hydroxyl groups excluding tert-OH is 1. The molecule has 9 heteroatoms. The molecule has 0 saturated carbocycles. The molecule has 0 fully saturated rings. The number of aromatic nitrogens is 4. The Bertz CT molecular complexity index is 948. The Morgan fingerprint density at radius 2 is 2.19 bits per heavy atom. The number of carbonyl (C=O) groups excluding carboxylic acids is 1. The molecule has 3 aromatic rings. The second-order valence-corrected chi connectivity index (χ2v) is 5.88. The monoisotopic (exact) mass is 355 g/mol. The van der Waals surface area contributed by atoms with Crippen molar-refractivity contribution in [2.24, 2.45) is 0 Å². The second-order valence-electron chi connectivity index (χ2n) is 5.88. The standard InChI is InChI=1S/C17H17N5O4/c1-25-12-4-2-3-11(7-12)14-8-13(20-26-14)17(24)21-5-6-22-15(9-21)18-19-16(22)10-23/h2-4,7-8,23H,5-6,9-10H2,1H3. The molecule has 0 radical (unpaired) electrons. The number of amides is 1. The quantitative estimate of drug-likeness (QED) is 0.746. The van der Waals surface area contributed by atoms with Crippen LogP contribution in [0.15, 0.2) is 34.9 Å². The van der Waals surface area contributed by atoms with Crippen LogP contribution in [0.1, 0.15) is 22.1 Å². The van der Waals surface area contributed by atoms with Crippen molar-refractivity contribution < 1.29 is 19.2 Å².